The monoisotopic (exact) mass is 508 g/mol. The summed E-state index contributed by atoms with van der Waals surface area (Å²) in [5.74, 6) is 1.72. The van der Waals surface area contributed by atoms with Gasteiger partial charge in [0.1, 0.15) is 0 Å². The SMILES string of the molecule is CCNC(=NCC(C(C)C)N1CCN(C)CC1)N1CCCC(CC(N)=O)C1.I. The zero-order chi connectivity index (χ0) is 19.8. The van der Waals surface area contributed by atoms with Gasteiger partial charge in [0.2, 0.25) is 5.91 Å². The van der Waals surface area contributed by atoms with Crippen molar-refractivity contribution in [3.63, 3.8) is 0 Å². The maximum absolute atomic E-state index is 11.3. The Balaban J connectivity index is 0.00000392. The molecule has 2 aliphatic rings. The van der Waals surface area contributed by atoms with Crippen LogP contribution < -0.4 is 11.1 Å². The Hall–Kier alpha value is -0.610. The molecule has 2 heterocycles. The molecule has 164 valence electrons. The quantitative estimate of drug-likeness (QED) is 0.309. The van der Waals surface area contributed by atoms with Gasteiger partial charge in [-0.3, -0.25) is 14.7 Å². The first-order valence-electron chi connectivity index (χ1n) is 10.6. The summed E-state index contributed by atoms with van der Waals surface area (Å²) in [5, 5.41) is 3.46. The number of carbonyl (C=O) groups is 1. The van der Waals surface area contributed by atoms with E-state index in [2.05, 4.69) is 47.8 Å². The fraction of sp³-hybridized carbons (Fsp3) is 0.900. The van der Waals surface area contributed by atoms with Crippen LogP contribution in [0, 0.1) is 11.8 Å². The van der Waals surface area contributed by atoms with Crippen molar-refractivity contribution < 1.29 is 4.79 Å². The van der Waals surface area contributed by atoms with Crippen LogP contribution in [0.3, 0.4) is 0 Å². The van der Waals surface area contributed by atoms with E-state index in [0.717, 1.165) is 71.2 Å². The lowest BCUT2D eigenvalue weighted by Gasteiger charge is -2.40. The molecule has 0 aromatic heterocycles. The first-order valence-corrected chi connectivity index (χ1v) is 10.6. The number of piperidine rings is 1. The third kappa shape index (κ3) is 8.02. The fourth-order valence-corrected chi connectivity index (χ4v) is 4.22. The van der Waals surface area contributed by atoms with Crippen molar-refractivity contribution in [1.29, 1.82) is 0 Å². The summed E-state index contributed by atoms with van der Waals surface area (Å²) in [6.07, 6.45) is 2.65. The van der Waals surface area contributed by atoms with Gasteiger partial charge < -0.3 is 20.9 Å². The van der Waals surface area contributed by atoms with Crippen molar-refractivity contribution in [3.05, 3.63) is 0 Å². The summed E-state index contributed by atoms with van der Waals surface area (Å²) < 4.78 is 0. The Morgan fingerprint density at radius 2 is 1.89 bits per heavy atom. The smallest absolute Gasteiger partial charge is 0.217 e. The van der Waals surface area contributed by atoms with Gasteiger partial charge in [-0.05, 0) is 38.6 Å². The molecule has 2 atom stereocenters. The molecule has 1 amide bonds. The molecule has 0 spiro atoms. The minimum Gasteiger partial charge on any atom is -0.370 e. The summed E-state index contributed by atoms with van der Waals surface area (Å²) in [5.41, 5.74) is 5.42. The van der Waals surface area contributed by atoms with E-state index in [4.69, 9.17) is 10.7 Å². The number of amides is 1. The van der Waals surface area contributed by atoms with E-state index in [0.29, 0.717) is 24.3 Å². The van der Waals surface area contributed by atoms with Crippen LogP contribution in [0.2, 0.25) is 0 Å². The fourth-order valence-electron chi connectivity index (χ4n) is 4.22. The number of hydrogen-bond acceptors (Lipinski definition) is 4. The maximum atomic E-state index is 11.3. The second-order valence-electron chi connectivity index (χ2n) is 8.47. The molecule has 0 aromatic rings. The Morgan fingerprint density at radius 1 is 1.21 bits per heavy atom. The lowest BCUT2D eigenvalue weighted by Crippen LogP contribution is -2.52. The van der Waals surface area contributed by atoms with Gasteiger partial charge in [0.25, 0.3) is 0 Å². The van der Waals surface area contributed by atoms with Crippen LogP contribution in [0.1, 0.15) is 40.0 Å². The maximum Gasteiger partial charge on any atom is 0.217 e. The Morgan fingerprint density at radius 3 is 2.46 bits per heavy atom. The number of nitrogens with one attached hydrogen (secondary N) is 1. The summed E-state index contributed by atoms with van der Waals surface area (Å²) in [7, 11) is 2.20. The van der Waals surface area contributed by atoms with E-state index >= 15 is 0 Å². The van der Waals surface area contributed by atoms with Gasteiger partial charge in [-0.1, -0.05) is 13.8 Å². The van der Waals surface area contributed by atoms with Crippen molar-refractivity contribution in [2.75, 3.05) is 59.4 Å². The number of halogens is 1. The van der Waals surface area contributed by atoms with Gasteiger partial charge in [0.15, 0.2) is 5.96 Å². The van der Waals surface area contributed by atoms with Crippen molar-refractivity contribution >= 4 is 35.8 Å². The third-order valence-electron chi connectivity index (χ3n) is 5.85. The number of likely N-dealkylation sites (tertiary alicyclic amines) is 1. The molecule has 0 aromatic carbocycles. The van der Waals surface area contributed by atoms with Gasteiger partial charge in [-0.15, -0.1) is 24.0 Å². The molecule has 8 heteroatoms. The summed E-state index contributed by atoms with van der Waals surface area (Å²) in [4.78, 5) is 23.7. The molecule has 0 radical (unpaired) electrons. The van der Waals surface area contributed by atoms with Crippen LogP contribution in [-0.4, -0.2) is 92.0 Å². The molecule has 28 heavy (non-hydrogen) atoms. The van der Waals surface area contributed by atoms with E-state index in [9.17, 15) is 4.79 Å². The van der Waals surface area contributed by atoms with Gasteiger partial charge in [0.05, 0.1) is 6.54 Å². The molecule has 2 rings (SSSR count). The molecule has 2 fully saturated rings. The molecule has 0 bridgehead atoms. The highest BCUT2D eigenvalue weighted by Gasteiger charge is 2.27. The predicted molar refractivity (Wildman–Crippen MR) is 127 cm³/mol. The number of rotatable bonds is 7. The van der Waals surface area contributed by atoms with Gasteiger partial charge in [-0.2, -0.15) is 0 Å². The van der Waals surface area contributed by atoms with Crippen LogP contribution in [0.25, 0.3) is 0 Å². The highest BCUT2D eigenvalue weighted by Crippen LogP contribution is 2.20. The van der Waals surface area contributed by atoms with E-state index in [1.165, 1.54) is 0 Å². The van der Waals surface area contributed by atoms with E-state index < -0.39 is 0 Å². The number of aliphatic imine (C=N–C) groups is 1. The van der Waals surface area contributed by atoms with Gasteiger partial charge in [0, 0.05) is 58.3 Å². The van der Waals surface area contributed by atoms with Crippen LogP contribution in [-0.2, 0) is 4.79 Å². The second kappa shape index (κ2) is 12.8. The molecular formula is C20H41IN6O. The molecule has 2 saturated heterocycles. The van der Waals surface area contributed by atoms with Crippen LogP contribution in [0.15, 0.2) is 4.99 Å². The first-order chi connectivity index (χ1) is 12.9. The topological polar surface area (TPSA) is 77.2 Å². The average molecular weight is 508 g/mol. The van der Waals surface area contributed by atoms with Crippen LogP contribution >= 0.6 is 24.0 Å². The molecule has 3 N–H and O–H groups in total. The van der Waals surface area contributed by atoms with Gasteiger partial charge in [-0.25, -0.2) is 0 Å². The Kier molecular flexibility index (Phi) is 11.7. The van der Waals surface area contributed by atoms with Crippen molar-refractivity contribution in [3.8, 4) is 0 Å². The molecule has 7 nitrogen and oxygen atoms in total. The lowest BCUT2D eigenvalue weighted by atomic mass is 9.95. The number of nitrogens with two attached hydrogens (primary N) is 1. The van der Waals surface area contributed by atoms with Crippen molar-refractivity contribution in [2.45, 2.75) is 46.1 Å². The number of primary amides is 1. The number of piperazine rings is 1. The normalized spacial score (nSPS) is 23.4. The van der Waals surface area contributed by atoms with Crippen LogP contribution in [0.4, 0.5) is 0 Å². The lowest BCUT2D eigenvalue weighted by molar-refractivity contribution is -0.119. The average Bonchev–Trinajstić information content (AvgIpc) is 2.62. The molecule has 0 aliphatic carbocycles. The molecule has 2 unspecified atom stereocenters. The third-order valence-corrected chi connectivity index (χ3v) is 5.85. The zero-order valence-electron chi connectivity index (χ0n) is 18.2. The Labute approximate surface area is 188 Å². The van der Waals surface area contributed by atoms with Crippen LogP contribution in [0.5, 0.6) is 0 Å². The van der Waals surface area contributed by atoms with E-state index in [1.54, 1.807) is 0 Å². The standard InChI is InChI=1S/C20H40N6O.HI/c1-5-22-20(26-8-6-7-17(15-26)13-19(21)27)23-14-18(16(2)3)25-11-9-24(4)10-12-25;/h16-18H,5-15H2,1-4H3,(H2,21,27)(H,22,23);1H. The highest BCUT2D eigenvalue weighted by atomic mass is 127. The molecule has 2 aliphatic heterocycles. The van der Waals surface area contributed by atoms with Crippen molar-refractivity contribution in [2.24, 2.45) is 22.6 Å². The predicted octanol–water partition coefficient (Wildman–Crippen LogP) is 1.43. The molecule has 0 saturated carbocycles. The molecular weight excluding hydrogens is 467 g/mol. The number of carbonyl (C=O) groups excluding carboxylic acids is 1. The Bertz CT molecular complexity index is 493. The van der Waals surface area contributed by atoms with E-state index in [-0.39, 0.29) is 29.9 Å². The largest absolute Gasteiger partial charge is 0.370 e. The highest BCUT2D eigenvalue weighted by molar-refractivity contribution is 14.0. The number of likely N-dealkylation sites (N-methyl/N-ethyl adjacent to an activating group) is 1. The number of guanidine groups is 1. The second-order valence-corrected chi connectivity index (χ2v) is 8.47. The van der Waals surface area contributed by atoms with E-state index in [1.807, 2.05) is 0 Å². The minimum absolute atomic E-state index is 0. The van der Waals surface area contributed by atoms with Gasteiger partial charge >= 0.3 is 0 Å². The first kappa shape index (κ1) is 25.4. The minimum atomic E-state index is -0.196. The number of hydrogen-bond donors (Lipinski definition) is 2. The summed E-state index contributed by atoms with van der Waals surface area (Å²) >= 11 is 0. The number of nitrogens with zero attached hydrogens (tertiary/aromatic N) is 4. The summed E-state index contributed by atoms with van der Waals surface area (Å²) in [6.45, 7) is 14.8. The zero-order valence-corrected chi connectivity index (χ0v) is 20.5. The van der Waals surface area contributed by atoms with Crippen molar-refractivity contribution in [1.82, 2.24) is 20.0 Å². The summed E-state index contributed by atoms with van der Waals surface area (Å²) in [6, 6.07) is 0.471.